The van der Waals surface area contributed by atoms with Gasteiger partial charge in [-0.1, -0.05) is 24.6 Å². The maximum absolute atomic E-state index is 11.8. The van der Waals surface area contributed by atoms with Gasteiger partial charge in [0.15, 0.2) is 5.57 Å². The summed E-state index contributed by atoms with van der Waals surface area (Å²) >= 11 is 5.73. The molecular weight excluding hydrogens is 304 g/mol. The second-order valence-corrected chi connectivity index (χ2v) is 4.74. The van der Waals surface area contributed by atoms with Gasteiger partial charge in [0.2, 0.25) is 0 Å². The molecule has 2 N–H and O–H groups in total. The molecule has 0 unspecified atom stereocenters. The first-order valence-electron chi connectivity index (χ1n) is 7.02. The summed E-state index contributed by atoms with van der Waals surface area (Å²) in [6.45, 7) is 4.93. The number of rotatable bonds is 8. The molecule has 0 amide bonds. The van der Waals surface area contributed by atoms with Gasteiger partial charge in [0.05, 0.1) is 6.61 Å². The minimum Gasteiger partial charge on any atom is -0.462 e. The standard InChI is InChI=1S/C15H19ClN4O2/c1-3-7-18-14(12(8-17)15(21)22-4-2)20-10-11-5-6-13(16)19-9-11/h5-6,9,18,20H,3-4,7,10H2,1-2H3. The summed E-state index contributed by atoms with van der Waals surface area (Å²) in [6, 6.07) is 5.38. The number of pyridine rings is 1. The van der Waals surface area contributed by atoms with Crippen LogP contribution in [0.3, 0.4) is 0 Å². The molecule has 0 saturated heterocycles. The molecule has 1 rings (SSSR count). The Morgan fingerprint density at radius 3 is 2.73 bits per heavy atom. The van der Waals surface area contributed by atoms with Gasteiger partial charge in [-0.3, -0.25) is 0 Å². The molecular formula is C15H19ClN4O2. The van der Waals surface area contributed by atoms with Crippen molar-refractivity contribution in [3.63, 3.8) is 0 Å². The van der Waals surface area contributed by atoms with Gasteiger partial charge < -0.3 is 15.4 Å². The smallest absolute Gasteiger partial charge is 0.352 e. The molecule has 0 aliphatic carbocycles. The Kier molecular flexibility index (Phi) is 7.79. The summed E-state index contributed by atoms with van der Waals surface area (Å²) < 4.78 is 4.89. The number of carbonyl (C=O) groups excluding carboxylic acids is 1. The van der Waals surface area contributed by atoms with Crippen LogP contribution in [0.1, 0.15) is 25.8 Å². The van der Waals surface area contributed by atoms with Crippen molar-refractivity contribution >= 4 is 17.6 Å². The van der Waals surface area contributed by atoms with Crippen LogP contribution in [0.5, 0.6) is 0 Å². The van der Waals surface area contributed by atoms with Crippen molar-refractivity contribution in [2.75, 3.05) is 13.2 Å². The number of halogens is 1. The molecule has 1 aromatic heterocycles. The first-order chi connectivity index (χ1) is 10.6. The van der Waals surface area contributed by atoms with Crippen molar-refractivity contribution in [1.82, 2.24) is 15.6 Å². The van der Waals surface area contributed by atoms with E-state index in [9.17, 15) is 10.1 Å². The van der Waals surface area contributed by atoms with Crippen LogP contribution in [-0.2, 0) is 16.1 Å². The largest absolute Gasteiger partial charge is 0.462 e. The minimum absolute atomic E-state index is 0.0720. The van der Waals surface area contributed by atoms with Gasteiger partial charge in [-0.05, 0) is 25.0 Å². The third-order valence-corrected chi connectivity index (χ3v) is 2.87. The van der Waals surface area contributed by atoms with E-state index in [1.807, 2.05) is 19.1 Å². The molecule has 0 radical (unpaired) electrons. The Hall–Kier alpha value is -2.26. The third-order valence-electron chi connectivity index (χ3n) is 2.65. The number of hydrogen-bond donors (Lipinski definition) is 2. The summed E-state index contributed by atoms with van der Waals surface area (Å²) in [5.74, 6) is -0.289. The van der Waals surface area contributed by atoms with E-state index in [0.29, 0.717) is 24.1 Å². The van der Waals surface area contributed by atoms with E-state index in [4.69, 9.17) is 16.3 Å². The first-order valence-corrected chi connectivity index (χ1v) is 7.39. The molecule has 1 heterocycles. The monoisotopic (exact) mass is 322 g/mol. The number of nitrogens with one attached hydrogen (secondary N) is 2. The molecule has 7 heteroatoms. The predicted molar refractivity (Wildman–Crippen MR) is 83.7 cm³/mol. The highest BCUT2D eigenvalue weighted by molar-refractivity contribution is 6.29. The average molecular weight is 323 g/mol. The van der Waals surface area contributed by atoms with Crippen molar-refractivity contribution in [2.45, 2.75) is 26.8 Å². The zero-order valence-electron chi connectivity index (χ0n) is 12.6. The minimum atomic E-state index is -0.648. The summed E-state index contributed by atoms with van der Waals surface area (Å²) in [4.78, 5) is 15.8. The number of carbonyl (C=O) groups is 1. The van der Waals surface area contributed by atoms with Crippen LogP contribution < -0.4 is 10.6 Å². The molecule has 118 valence electrons. The zero-order chi connectivity index (χ0) is 16.4. The molecule has 0 fully saturated rings. The van der Waals surface area contributed by atoms with E-state index < -0.39 is 5.97 Å². The quantitative estimate of drug-likeness (QED) is 0.330. The SMILES string of the molecule is CCCNC(NCc1ccc(Cl)nc1)=C(C#N)C(=O)OCC. The molecule has 0 aliphatic heterocycles. The molecule has 0 saturated carbocycles. The number of aromatic nitrogens is 1. The van der Waals surface area contributed by atoms with E-state index in [1.165, 1.54) is 0 Å². The fourth-order valence-electron chi connectivity index (χ4n) is 1.60. The average Bonchev–Trinajstić information content (AvgIpc) is 2.52. The lowest BCUT2D eigenvalue weighted by atomic mass is 10.2. The lowest BCUT2D eigenvalue weighted by Crippen LogP contribution is -2.30. The van der Waals surface area contributed by atoms with E-state index in [1.54, 1.807) is 19.2 Å². The number of esters is 1. The van der Waals surface area contributed by atoms with Gasteiger partial charge in [0, 0.05) is 19.3 Å². The highest BCUT2D eigenvalue weighted by Gasteiger charge is 2.16. The van der Waals surface area contributed by atoms with Crippen LogP contribution in [0.2, 0.25) is 5.15 Å². The Bertz CT molecular complexity index is 564. The fraction of sp³-hybridized carbons (Fsp3) is 0.400. The molecule has 0 spiro atoms. The van der Waals surface area contributed by atoms with Crippen molar-refractivity contribution in [2.24, 2.45) is 0 Å². The number of nitriles is 1. The van der Waals surface area contributed by atoms with Gasteiger partial charge in [-0.2, -0.15) is 5.26 Å². The zero-order valence-corrected chi connectivity index (χ0v) is 13.4. The second kappa shape index (κ2) is 9.64. The molecule has 1 aromatic rings. The van der Waals surface area contributed by atoms with Crippen molar-refractivity contribution in [3.8, 4) is 6.07 Å². The Morgan fingerprint density at radius 1 is 1.41 bits per heavy atom. The molecule has 0 aromatic carbocycles. The number of nitrogens with zero attached hydrogens (tertiary/aromatic N) is 2. The fourth-order valence-corrected chi connectivity index (χ4v) is 1.71. The summed E-state index contributed by atoms with van der Waals surface area (Å²) in [5, 5.41) is 15.7. The molecule has 0 aliphatic rings. The summed E-state index contributed by atoms with van der Waals surface area (Å²) in [5.41, 5.74) is 0.804. The van der Waals surface area contributed by atoms with Crippen LogP contribution in [0, 0.1) is 11.3 Å². The maximum atomic E-state index is 11.8. The topological polar surface area (TPSA) is 87.0 Å². The van der Waals surface area contributed by atoms with Gasteiger partial charge in [0.25, 0.3) is 0 Å². The van der Waals surface area contributed by atoms with E-state index in [-0.39, 0.29) is 12.2 Å². The summed E-state index contributed by atoms with van der Waals surface area (Å²) in [7, 11) is 0. The summed E-state index contributed by atoms with van der Waals surface area (Å²) in [6.07, 6.45) is 2.48. The highest BCUT2D eigenvalue weighted by atomic mass is 35.5. The molecule has 22 heavy (non-hydrogen) atoms. The number of hydrogen-bond acceptors (Lipinski definition) is 6. The Labute approximate surface area is 135 Å². The lowest BCUT2D eigenvalue weighted by molar-refractivity contribution is -0.138. The second-order valence-electron chi connectivity index (χ2n) is 4.35. The third kappa shape index (κ3) is 5.62. The predicted octanol–water partition coefficient (Wildman–Crippen LogP) is 2.12. The van der Waals surface area contributed by atoms with E-state index >= 15 is 0 Å². The van der Waals surface area contributed by atoms with E-state index in [0.717, 1.165) is 12.0 Å². The van der Waals surface area contributed by atoms with Crippen molar-refractivity contribution < 1.29 is 9.53 Å². The normalized spacial score (nSPS) is 11.2. The van der Waals surface area contributed by atoms with Crippen molar-refractivity contribution in [1.29, 1.82) is 5.26 Å². The van der Waals surface area contributed by atoms with Crippen molar-refractivity contribution in [3.05, 3.63) is 40.4 Å². The van der Waals surface area contributed by atoms with Crippen LogP contribution in [-0.4, -0.2) is 24.1 Å². The van der Waals surface area contributed by atoms with Gasteiger partial charge in [-0.15, -0.1) is 0 Å². The Balaban J connectivity index is 2.88. The van der Waals surface area contributed by atoms with Crippen LogP contribution in [0.25, 0.3) is 0 Å². The Morgan fingerprint density at radius 2 is 2.18 bits per heavy atom. The highest BCUT2D eigenvalue weighted by Crippen LogP contribution is 2.07. The van der Waals surface area contributed by atoms with Crippen LogP contribution >= 0.6 is 11.6 Å². The van der Waals surface area contributed by atoms with Gasteiger partial charge >= 0.3 is 5.97 Å². The number of ether oxygens (including phenoxy) is 1. The van der Waals surface area contributed by atoms with E-state index in [2.05, 4.69) is 15.6 Å². The lowest BCUT2D eigenvalue weighted by Gasteiger charge is -2.14. The first kappa shape index (κ1) is 17.8. The van der Waals surface area contributed by atoms with Crippen LogP contribution in [0.4, 0.5) is 0 Å². The van der Waals surface area contributed by atoms with Crippen LogP contribution in [0.15, 0.2) is 29.7 Å². The van der Waals surface area contributed by atoms with Gasteiger partial charge in [-0.25, -0.2) is 9.78 Å². The molecule has 0 atom stereocenters. The maximum Gasteiger partial charge on any atom is 0.352 e. The molecule has 0 bridgehead atoms. The van der Waals surface area contributed by atoms with Gasteiger partial charge in [0.1, 0.15) is 17.0 Å². The molecule has 6 nitrogen and oxygen atoms in total.